The second-order valence-electron chi connectivity index (χ2n) is 4.60. The van der Waals surface area contributed by atoms with E-state index in [9.17, 15) is 9.59 Å². The van der Waals surface area contributed by atoms with Gasteiger partial charge in [-0.3, -0.25) is 9.59 Å². The monoisotopic (exact) mass is 281 g/mol. The predicted octanol–water partition coefficient (Wildman–Crippen LogP) is 2.27. The summed E-state index contributed by atoms with van der Waals surface area (Å²) in [5.41, 5.74) is 0.766. The van der Waals surface area contributed by atoms with E-state index in [1.165, 1.54) is 11.8 Å². The highest BCUT2D eigenvalue weighted by molar-refractivity contribution is 8.00. The number of amides is 1. The van der Waals surface area contributed by atoms with Crippen LogP contribution in [0.4, 0.5) is 0 Å². The maximum atomic E-state index is 11.8. The maximum absolute atomic E-state index is 11.8. The van der Waals surface area contributed by atoms with Crippen LogP contribution in [0.1, 0.15) is 19.4 Å². The normalized spacial score (nSPS) is 10.5. The largest absolute Gasteiger partial charge is 0.481 e. The Labute approximate surface area is 117 Å². The second-order valence-corrected chi connectivity index (χ2v) is 5.65. The molecule has 0 aliphatic carbocycles. The van der Waals surface area contributed by atoms with Gasteiger partial charge in [0.2, 0.25) is 5.91 Å². The molecule has 4 nitrogen and oxygen atoms in total. The van der Waals surface area contributed by atoms with E-state index in [0.29, 0.717) is 5.75 Å². The topological polar surface area (TPSA) is 57.6 Å². The molecular weight excluding hydrogens is 262 g/mol. The maximum Gasteiger partial charge on any atom is 0.307 e. The molecule has 1 amide bonds. The molecule has 0 saturated carbocycles. The van der Waals surface area contributed by atoms with Crippen molar-refractivity contribution in [3.05, 3.63) is 29.8 Å². The highest BCUT2D eigenvalue weighted by atomic mass is 32.2. The lowest BCUT2D eigenvalue weighted by atomic mass is 10.2. The molecule has 5 heteroatoms. The predicted molar refractivity (Wildman–Crippen MR) is 76.4 cm³/mol. The van der Waals surface area contributed by atoms with Crippen LogP contribution < -0.4 is 0 Å². The molecule has 0 unspecified atom stereocenters. The highest BCUT2D eigenvalue weighted by Gasteiger charge is 2.11. The summed E-state index contributed by atoms with van der Waals surface area (Å²) in [7, 11) is 1.80. The van der Waals surface area contributed by atoms with Gasteiger partial charge < -0.3 is 10.0 Å². The fraction of sp³-hybridized carbons (Fsp3) is 0.429. The van der Waals surface area contributed by atoms with Gasteiger partial charge in [-0.1, -0.05) is 12.1 Å². The zero-order valence-electron chi connectivity index (χ0n) is 11.4. The van der Waals surface area contributed by atoms with Crippen LogP contribution >= 0.6 is 11.8 Å². The van der Waals surface area contributed by atoms with Gasteiger partial charge in [0.25, 0.3) is 0 Å². The molecule has 0 heterocycles. The SMILES string of the molecule is CC(C)N(C)C(=O)CSc1ccc(CC(=O)O)cc1. The van der Waals surface area contributed by atoms with Crippen LogP contribution in [0, 0.1) is 0 Å². The van der Waals surface area contributed by atoms with E-state index in [1.807, 2.05) is 26.0 Å². The smallest absolute Gasteiger partial charge is 0.307 e. The molecule has 1 rings (SSSR count). The number of benzene rings is 1. The zero-order valence-corrected chi connectivity index (χ0v) is 12.2. The van der Waals surface area contributed by atoms with Gasteiger partial charge in [-0.05, 0) is 31.5 Å². The van der Waals surface area contributed by atoms with Crippen LogP contribution in [0.25, 0.3) is 0 Å². The molecule has 0 bridgehead atoms. The van der Waals surface area contributed by atoms with Crippen molar-refractivity contribution in [2.75, 3.05) is 12.8 Å². The first kappa shape index (κ1) is 15.6. The van der Waals surface area contributed by atoms with E-state index in [2.05, 4.69) is 0 Å². The molecule has 0 radical (unpaired) electrons. The number of nitrogens with zero attached hydrogens (tertiary/aromatic N) is 1. The summed E-state index contributed by atoms with van der Waals surface area (Å²) in [5.74, 6) is -0.351. The van der Waals surface area contributed by atoms with Crippen molar-refractivity contribution in [3.8, 4) is 0 Å². The molecule has 0 aliphatic rings. The van der Waals surface area contributed by atoms with Gasteiger partial charge >= 0.3 is 5.97 Å². The fourth-order valence-corrected chi connectivity index (χ4v) is 2.24. The first-order chi connectivity index (χ1) is 8.90. The molecule has 0 aliphatic heterocycles. The zero-order chi connectivity index (χ0) is 14.4. The van der Waals surface area contributed by atoms with Crippen LogP contribution in [-0.4, -0.2) is 40.7 Å². The van der Waals surface area contributed by atoms with Crippen molar-refractivity contribution < 1.29 is 14.7 Å². The number of hydrogen-bond donors (Lipinski definition) is 1. The average molecular weight is 281 g/mol. The first-order valence-corrected chi connectivity index (χ1v) is 7.08. The van der Waals surface area contributed by atoms with Crippen molar-refractivity contribution >= 4 is 23.6 Å². The van der Waals surface area contributed by atoms with Gasteiger partial charge in [0.05, 0.1) is 12.2 Å². The number of carboxylic acids is 1. The summed E-state index contributed by atoms with van der Waals surface area (Å²) in [4.78, 5) is 25.0. The van der Waals surface area contributed by atoms with Crippen LogP contribution in [0.2, 0.25) is 0 Å². The Morgan fingerprint density at radius 2 is 1.84 bits per heavy atom. The Hall–Kier alpha value is -1.49. The molecule has 104 valence electrons. The van der Waals surface area contributed by atoms with Crippen LogP contribution in [-0.2, 0) is 16.0 Å². The van der Waals surface area contributed by atoms with E-state index in [1.54, 1.807) is 24.1 Å². The number of thioether (sulfide) groups is 1. The number of aliphatic carboxylic acids is 1. The quantitative estimate of drug-likeness (QED) is 0.813. The molecule has 1 aromatic rings. The molecule has 19 heavy (non-hydrogen) atoms. The number of carboxylic acid groups (broad SMARTS) is 1. The van der Waals surface area contributed by atoms with Gasteiger partial charge in [0, 0.05) is 18.0 Å². The molecular formula is C14H19NO3S. The summed E-state index contributed by atoms with van der Waals surface area (Å²) in [6.45, 7) is 3.95. The molecule has 1 aromatic carbocycles. The molecule has 0 fully saturated rings. The second kappa shape index (κ2) is 7.19. The Bertz CT molecular complexity index is 443. The third kappa shape index (κ3) is 5.34. The van der Waals surface area contributed by atoms with Crippen LogP contribution in [0.5, 0.6) is 0 Å². The van der Waals surface area contributed by atoms with E-state index < -0.39 is 5.97 Å². The molecule has 0 spiro atoms. The minimum atomic E-state index is -0.839. The fourth-order valence-electron chi connectivity index (χ4n) is 1.41. The summed E-state index contributed by atoms with van der Waals surface area (Å²) < 4.78 is 0. The van der Waals surface area contributed by atoms with Gasteiger partial charge in [0.1, 0.15) is 0 Å². The lowest BCUT2D eigenvalue weighted by Gasteiger charge is -2.21. The number of hydrogen-bond acceptors (Lipinski definition) is 3. The number of rotatable bonds is 6. The Morgan fingerprint density at radius 3 is 2.32 bits per heavy atom. The Kier molecular flexibility index (Phi) is 5.89. The molecule has 0 saturated heterocycles. The molecule has 0 atom stereocenters. The van der Waals surface area contributed by atoms with E-state index in [-0.39, 0.29) is 18.4 Å². The standard InChI is InChI=1S/C14H19NO3S/c1-10(2)15(3)13(16)9-19-12-6-4-11(5-7-12)8-14(17)18/h4-7,10H,8-9H2,1-3H3,(H,17,18). The van der Waals surface area contributed by atoms with Gasteiger partial charge in [0.15, 0.2) is 0 Å². The highest BCUT2D eigenvalue weighted by Crippen LogP contribution is 2.19. The van der Waals surface area contributed by atoms with Gasteiger partial charge in [-0.2, -0.15) is 0 Å². The Morgan fingerprint density at radius 1 is 1.26 bits per heavy atom. The molecule has 1 N–H and O–H groups in total. The number of carbonyl (C=O) groups is 2. The van der Waals surface area contributed by atoms with Crippen molar-refractivity contribution in [1.82, 2.24) is 4.90 Å². The van der Waals surface area contributed by atoms with Crippen molar-refractivity contribution in [3.63, 3.8) is 0 Å². The minimum absolute atomic E-state index is 0.0277. The minimum Gasteiger partial charge on any atom is -0.481 e. The third-order valence-electron chi connectivity index (χ3n) is 2.81. The summed E-state index contributed by atoms with van der Waals surface area (Å²) in [5, 5.41) is 8.67. The van der Waals surface area contributed by atoms with Gasteiger partial charge in [-0.15, -0.1) is 11.8 Å². The lowest BCUT2D eigenvalue weighted by molar-refractivity contribution is -0.136. The first-order valence-electron chi connectivity index (χ1n) is 6.09. The van der Waals surface area contributed by atoms with Crippen molar-refractivity contribution in [2.45, 2.75) is 31.2 Å². The Balaban J connectivity index is 2.50. The van der Waals surface area contributed by atoms with Crippen molar-refractivity contribution in [1.29, 1.82) is 0 Å². The van der Waals surface area contributed by atoms with E-state index in [0.717, 1.165) is 10.5 Å². The van der Waals surface area contributed by atoms with Gasteiger partial charge in [-0.25, -0.2) is 0 Å². The summed E-state index contributed by atoms with van der Waals surface area (Å²) in [6.07, 6.45) is 0.0277. The van der Waals surface area contributed by atoms with E-state index in [4.69, 9.17) is 5.11 Å². The third-order valence-corrected chi connectivity index (χ3v) is 3.81. The van der Waals surface area contributed by atoms with Crippen LogP contribution in [0.15, 0.2) is 29.2 Å². The van der Waals surface area contributed by atoms with E-state index >= 15 is 0 Å². The molecule has 0 aromatic heterocycles. The van der Waals surface area contributed by atoms with Crippen molar-refractivity contribution in [2.24, 2.45) is 0 Å². The van der Waals surface area contributed by atoms with Crippen LogP contribution in [0.3, 0.4) is 0 Å². The summed E-state index contributed by atoms with van der Waals surface area (Å²) in [6, 6.07) is 7.48. The summed E-state index contributed by atoms with van der Waals surface area (Å²) >= 11 is 1.46. The lowest BCUT2D eigenvalue weighted by Crippen LogP contribution is -2.34. The average Bonchev–Trinajstić information content (AvgIpc) is 2.35. The number of carbonyl (C=O) groups excluding carboxylic acids is 1.